The molecule has 1 N–H and O–H groups in total. The molecule has 0 radical (unpaired) electrons. The Labute approximate surface area is 191 Å². The van der Waals surface area contributed by atoms with Gasteiger partial charge < -0.3 is 23.9 Å². The second-order valence-corrected chi connectivity index (χ2v) is 8.89. The van der Waals surface area contributed by atoms with E-state index in [1.165, 1.54) is 13.2 Å². The Bertz CT molecular complexity index is 1240. The van der Waals surface area contributed by atoms with Gasteiger partial charge in [0.2, 0.25) is 0 Å². The van der Waals surface area contributed by atoms with E-state index in [1.54, 1.807) is 51.1 Å². The van der Waals surface area contributed by atoms with Crippen LogP contribution in [0.3, 0.4) is 0 Å². The zero-order valence-corrected chi connectivity index (χ0v) is 19.7. The Morgan fingerprint density at radius 2 is 1.70 bits per heavy atom. The van der Waals surface area contributed by atoms with Crippen molar-refractivity contribution in [3.63, 3.8) is 0 Å². The highest BCUT2D eigenvalue weighted by Gasteiger charge is 2.30. The molecule has 0 aliphatic carbocycles. The summed E-state index contributed by atoms with van der Waals surface area (Å²) in [5.74, 6) is -0.0826. The van der Waals surface area contributed by atoms with Gasteiger partial charge in [-0.25, -0.2) is 14.4 Å². The Morgan fingerprint density at radius 1 is 1.03 bits per heavy atom. The van der Waals surface area contributed by atoms with Gasteiger partial charge in [0, 0.05) is 16.8 Å². The quantitative estimate of drug-likeness (QED) is 0.246. The summed E-state index contributed by atoms with van der Waals surface area (Å²) in [6.45, 7) is 8.97. The van der Waals surface area contributed by atoms with E-state index in [1.807, 2.05) is 13.8 Å². The maximum Gasteiger partial charge on any atom is 0.408 e. The lowest BCUT2D eigenvalue weighted by Gasteiger charge is -2.25. The summed E-state index contributed by atoms with van der Waals surface area (Å²) in [5.41, 5.74) is -0.941. The summed E-state index contributed by atoms with van der Waals surface area (Å²) in [7, 11) is 1.52. The molecule has 2 atom stereocenters. The van der Waals surface area contributed by atoms with E-state index >= 15 is 0 Å². The van der Waals surface area contributed by atoms with Crippen LogP contribution in [0, 0.1) is 5.92 Å². The molecule has 1 heterocycles. The third-order valence-corrected chi connectivity index (χ3v) is 5.25. The van der Waals surface area contributed by atoms with Crippen molar-refractivity contribution in [1.29, 1.82) is 0 Å². The third kappa shape index (κ3) is 5.63. The van der Waals surface area contributed by atoms with Crippen LogP contribution in [-0.4, -0.2) is 30.8 Å². The summed E-state index contributed by atoms with van der Waals surface area (Å²) in [6, 6.07) is 9.07. The van der Waals surface area contributed by atoms with Gasteiger partial charge in [0.1, 0.15) is 28.7 Å². The Kier molecular flexibility index (Phi) is 6.95. The molecule has 0 saturated carbocycles. The number of fused-ring (bicyclic) bond motifs is 3. The SMILES string of the molecule is CCC(C)C(NC(=O)OC(C)(C)C)C(=O)Oc1ccc2c(c1)oc(=O)c1cc(OC)ccc12. The van der Waals surface area contributed by atoms with Crippen molar-refractivity contribution in [3.05, 3.63) is 46.8 Å². The molecular weight excluding hydrogens is 426 g/mol. The first-order valence-electron chi connectivity index (χ1n) is 10.8. The van der Waals surface area contributed by atoms with Crippen molar-refractivity contribution >= 4 is 33.8 Å². The van der Waals surface area contributed by atoms with Gasteiger partial charge in [-0.2, -0.15) is 0 Å². The number of carbonyl (C=O) groups is 2. The van der Waals surface area contributed by atoms with E-state index in [4.69, 9.17) is 18.6 Å². The maximum absolute atomic E-state index is 12.9. The predicted octanol–water partition coefficient (Wildman–Crippen LogP) is 4.80. The van der Waals surface area contributed by atoms with E-state index in [9.17, 15) is 14.4 Å². The number of hydrogen-bond acceptors (Lipinski definition) is 7. The minimum Gasteiger partial charge on any atom is -0.497 e. The fraction of sp³-hybridized carbons (Fsp3) is 0.400. The molecule has 33 heavy (non-hydrogen) atoms. The van der Waals surface area contributed by atoms with Crippen LogP contribution >= 0.6 is 0 Å². The van der Waals surface area contributed by atoms with Gasteiger partial charge in [-0.3, -0.25) is 0 Å². The van der Waals surface area contributed by atoms with Crippen molar-refractivity contribution in [3.8, 4) is 11.5 Å². The summed E-state index contributed by atoms with van der Waals surface area (Å²) in [5, 5.41) is 4.39. The number of methoxy groups -OCH3 is 1. The van der Waals surface area contributed by atoms with Crippen molar-refractivity contribution in [1.82, 2.24) is 5.32 Å². The van der Waals surface area contributed by atoms with Gasteiger partial charge in [-0.05, 0) is 57.0 Å². The number of carbonyl (C=O) groups excluding carboxylic acids is 2. The molecule has 2 unspecified atom stereocenters. The van der Waals surface area contributed by atoms with E-state index in [0.717, 1.165) is 0 Å². The average Bonchev–Trinajstić information content (AvgIpc) is 2.75. The maximum atomic E-state index is 12.9. The Hall–Kier alpha value is -3.55. The lowest BCUT2D eigenvalue weighted by atomic mass is 9.99. The number of hydrogen-bond donors (Lipinski definition) is 1. The minimum absolute atomic E-state index is 0.192. The van der Waals surface area contributed by atoms with Crippen molar-refractivity contribution in [2.45, 2.75) is 52.7 Å². The smallest absolute Gasteiger partial charge is 0.408 e. The Balaban J connectivity index is 1.88. The molecule has 176 valence electrons. The fourth-order valence-corrected chi connectivity index (χ4v) is 3.37. The van der Waals surface area contributed by atoms with Gasteiger partial charge in [0.05, 0.1) is 12.5 Å². The number of benzene rings is 2. The Morgan fingerprint density at radius 3 is 2.33 bits per heavy atom. The zero-order valence-electron chi connectivity index (χ0n) is 19.7. The second-order valence-electron chi connectivity index (χ2n) is 8.89. The van der Waals surface area contributed by atoms with Crippen LogP contribution in [0.1, 0.15) is 41.0 Å². The lowest BCUT2D eigenvalue weighted by Crippen LogP contribution is -2.48. The first-order chi connectivity index (χ1) is 15.5. The van der Waals surface area contributed by atoms with Gasteiger partial charge >= 0.3 is 17.7 Å². The molecule has 0 aliphatic rings. The first kappa shape index (κ1) is 24.1. The van der Waals surface area contributed by atoms with Gasteiger partial charge in [-0.15, -0.1) is 0 Å². The van der Waals surface area contributed by atoms with E-state index in [2.05, 4.69) is 5.32 Å². The number of ether oxygens (including phenoxy) is 3. The van der Waals surface area contributed by atoms with E-state index in [0.29, 0.717) is 28.3 Å². The van der Waals surface area contributed by atoms with Gasteiger partial charge in [0.15, 0.2) is 0 Å². The fourth-order valence-electron chi connectivity index (χ4n) is 3.37. The molecule has 3 rings (SSSR count). The first-order valence-corrected chi connectivity index (χ1v) is 10.8. The molecule has 8 heteroatoms. The zero-order chi connectivity index (χ0) is 24.3. The number of alkyl carbamates (subject to hydrolysis) is 1. The normalized spacial score (nSPS) is 13.4. The average molecular weight is 456 g/mol. The topological polar surface area (TPSA) is 104 Å². The summed E-state index contributed by atoms with van der Waals surface area (Å²) in [4.78, 5) is 37.6. The van der Waals surface area contributed by atoms with E-state index in [-0.39, 0.29) is 17.3 Å². The van der Waals surface area contributed by atoms with Crippen LogP contribution < -0.4 is 20.4 Å². The minimum atomic E-state index is -0.906. The number of amides is 1. The highest BCUT2D eigenvalue weighted by atomic mass is 16.6. The highest BCUT2D eigenvalue weighted by molar-refractivity contribution is 6.05. The largest absolute Gasteiger partial charge is 0.497 e. The molecule has 0 aliphatic heterocycles. The molecular formula is C25H29NO7. The van der Waals surface area contributed by atoms with E-state index < -0.39 is 29.3 Å². The third-order valence-electron chi connectivity index (χ3n) is 5.25. The molecule has 1 aromatic heterocycles. The molecule has 0 saturated heterocycles. The lowest BCUT2D eigenvalue weighted by molar-refractivity contribution is -0.138. The van der Waals surface area contributed by atoms with Crippen LogP contribution in [0.5, 0.6) is 11.5 Å². The van der Waals surface area contributed by atoms with Gasteiger partial charge in [-0.1, -0.05) is 20.3 Å². The van der Waals surface area contributed by atoms with Gasteiger partial charge in [0.25, 0.3) is 0 Å². The van der Waals surface area contributed by atoms with Crippen molar-refractivity contribution in [2.24, 2.45) is 5.92 Å². The molecule has 0 spiro atoms. The van der Waals surface area contributed by atoms with Crippen LogP contribution in [0.4, 0.5) is 4.79 Å². The summed E-state index contributed by atoms with van der Waals surface area (Å²) in [6.07, 6.45) is -0.0615. The monoisotopic (exact) mass is 455 g/mol. The van der Waals surface area contributed by atoms with Crippen LogP contribution in [0.25, 0.3) is 21.7 Å². The van der Waals surface area contributed by atoms with Crippen LogP contribution in [-0.2, 0) is 9.53 Å². The molecule has 0 fully saturated rings. The second kappa shape index (κ2) is 9.52. The summed E-state index contributed by atoms with van der Waals surface area (Å²) >= 11 is 0. The van der Waals surface area contributed by atoms with Crippen LogP contribution in [0.15, 0.2) is 45.6 Å². The molecule has 3 aromatic rings. The molecule has 8 nitrogen and oxygen atoms in total. The molecule has 2 aromatic carbocycles. The number of nitrogens with one attached hydrogen (secondary N) is 1. The van der Waals surface area contributed by atoms with Crippen LogP contribution in [0.2, 0.25) is 0 Å². The molecule has 0 bridgehead atoms. The molecule has 1 amide bonds. The number of rotatable bonds is 6. The number of esters is 1. The van der Waals surface area contributed by atoms with Crippen molar-refractivity contribution in [2.75, 3.05) is 7.11 Å². The standard InChI is InChI=1S/C25H29NO7/c1-7-14(2)21(26-24(29)33-25(3,4)5)23(28)31-16-9-11-18-17-10-8-15(30-6)12-19(17)22(27)32-20(18)13-16/h8-14,21H,7H2,1-6H3,(H,26,29). The highest BCUT2D eigenvalue weighted by Crippen LogP contribution is 2.29. The summed E-state index contributed by atoms with van der Waals surface area (Å²) < 4.78 is 21.4. The van der Waals surface area contributed by atoms with Crippen molar-refractivity contribution < 1.29 is 28.2 Å². The predicted molar refractivity (Wildman–Crippen MR) is 125 cm³/mol.